The van der Waals surface area contributed by atoms with Crippen LogP contribution in [-0.2, 0) is 11.8 Å². The molecule has 1 saturated heterocycles. The van der Waals surface area contributed by atoms with Crippen LogP contribution in [0.15, 0.2) is 24.3 Å². The second kappa shape index (κ2) is 4.30. The van der Waals surface area contributed by atoms with Gasteiger partial charge in [0.05, 0.1) is 11.9 Å². The monoisotopic (exact) mass is 361 g/mol. The molecule has 1 aromatic rings. The first kappa shape index (κ1) is 13.4. The molecule has 5 rings (SSSR count). The van der Waals surface area contributed by atoms with Crippen molar-refractivity contribution in [2.45, 2.75) is 35.2 Å². The van der Waals surface area contributed by atoms with E-state index in [2.05, 4.69) is 52.2 Å². The van der Waals surface area contributed by atoms with Crippen LogP contribution >= 0.6 is 15.9 Å². The van der Waals surface area contributed by atoms with Gasteiger partial charge in [0, 0.05) is 22.9 Å². The standard InChI is InChI=1S/C18H20BrNO2/c1-20-8-7-18-11-4-5-12(19)17(18)22-16-14(21-2)6-3-10(15(16)18)9-13(11)20/h3-6,11-13,17H,7-9H2,1-2H3/t11-,12?,13+,17-,18-/m0/s1. The number of piperidine rings is 1. The zero-order valence-electron chi connectivity index (χ0n) is 12.9. The number of methoxy groups -OCH3 is 1. The van der Waals surface area contributed by atoms with Gasteiger partial charge in [-0.3, -0.25) is 0 Å². The maximum atomic E-state index is 6.51. The molecule has 1 unspecified atom stereocenters. The number of rotatable bonds is 1. The summed E-state index contributed by atoms with van der Waals surface area (Å²) in [6.07, 6.45) is 7.20. The van der Waals surface area contributed by atoms with Crippen LogP contribution in [0.5, 0.6) is 11.5 Å². The van der Waals surface area contributed by atoms with Crippen LogP contribution in [0.3, 0.4) is 0 Å². The number of ether oxygens (including phenoxy) is 2. The molecule has 0 saturated carbocycles. The van der Waals surface area contributed by atoms with E-state index in [1.165, 1.54) is 11.1 Å². The predicted molar refractivity (Wildman–Crippen MR) is 89.2 cm³/mol. The van der Waals surface area contributed by atoms with Crippen LogP contribution in [0.1, 0.15) is 17.5 Å². The Morgan fingerprint density at radius 1 is 1.36 bits per heavy atom. The predicted octanol–water partition coefficient (Wildman–Crippen LogP) is 2.90. The Morgan fingerprint density at radius 2 is 2.23 bits per heavy atom. The molecule has 2 aliphatic heterocycles. The highest BCUT2D eigenvalue weighted by molar-refractivity contribution is 9.09. The number of alkyl halides is 1. The minimum atomic E-state index is 0.123. The normalized spacial score (nSPS) is 41.0. The van der Waals surface area contributed by atoms with Gasteiger partial charge in [-0.15, -0.1) is 0 Å². The van der Waals surface area contributed by atoms with Crippen molar-refractivity contribution in [3.63, 3.8) is 0 Å². The molecule has 0 N–H and O–H groups in total. The topological polar surface area (TPSA) is 21.7 Å². The minimum absolute atomic E-state index is 0.123. The smallest absolute Gasteiger partial charge is 0.165 e. The summed E-state index contributed by atoms with van der Waals surface area (Å²) in [5.74, 6) is 2.44. The number of halogens is 1. The van der Waals surface area contributed by atoms with Crippen molar-refractivity contribution in [3.8, 4) is 11.5 Å². The van der Waals surface area contributed by atoms with Gasteiger partial charge in [0.1, 0.15) is 6.10 Å². The van der Waals surface area contributed by atoms with E-state index in [-0.39, 0.29) is 16.3 Å². The third-order valence-corrected chi connectivity index (χ3v) is 7.11. The first-order chi connectivity index (χ1) is 10.7. The maximum Gasteiger partial charge on any atom is 0.165 e. The highest BCUT2D eigenvalue weighted by Crippen LogP contribution is 2.63. The van der Waals surface area contributed by atoms with Crippen molar-refractivity contribution in [1.29, 1.82) is 0 Å². The van der Waals surface area contributed by atoms with Gasteiger partial charge in [0.2, 0.25) is 0 Å². The molecule has 2 bridgehead atoms. The number of benzene rings is 1. The molecule has 4 heteroatoms. The lowest BCUT2D eigenvalue weighted by Crippen LogP contribution is -2.64. The van der Waals surface area contributed by atoms with E-state index in [0.29, 0.717) is 12.0 Å². The first-order valence-electron chi connectivity index (χ1n) is 8.06. The van der Waals surface area contributed by atoms with Crippen LogP contribution < -0.4 is 9.47 Å². The molecule has 5 atom stereocenters. The molecule has 3 nitrogen and oxygen atoms in total. The van der Waals surface area contributed by atoms with Gasteiger partial charge in [-0.1, -0.05) is 34.1 Å². The van der Waals surface area contributed by atoms with Crippen molar-refractivity contribution in [2.75, 3.05) is 20.7 Å². The van der Waals surface area contributed by atoms with E-state index >= 15 is 0 Å². The van der Waals surface area contributed by atoms with E-state index in [1.807, 2.05) is 0 Å². The van der Waals surface area contributed by atoms with Gasteiger partial charge in [0.15, 0.2) is 11.5 Å². The van der Waals surface area contributed by atoms with E-state index in [0.717, 1.165) is 30.9 Å². The first-order valence-corrected chi connectivity index (χ1v) is 8.98. The fraction of sp³-hybridized carbons (Fsp3) is 0.556. The molecule has 116 valence electrons. The highest BCUT2D eigenvalue weighted by Gasteiger charge is 2.63. The van der Waals surface area contributed by atoms with Gasteiger partial charge in [-0.05, 0) is 38.1 Å². The molecule has 0 radical (unpaired) electrons. The fourth-order valence-corrected chi connectivity index (χ4v) is 6.11. The summed E-state index contributed by atoms with van der Waals surface area (Å²) in [6, 6.07) is 4.92. The number of hydrogen-bond donors (Lipinski definition) is 0. The van der Waals surface area contributed by atoms with Crippen LogP contribution in [-0.4, -0.2) is 42.6 Å². The Bertz CT molecular complexity index is 688. The van der Waals surface area contributed by atoms with E-state index in [1.54, 1.807) is 7.11 Å². The zero-order valence-corrected chi connectivity index (χ0v) is 14.5. The van der Waals surface area contributed by atoms with E-state index in [9.17, 15) is 0 Å². The largest absolute Gasteiger partial charge is 0.493 e. The van der Waals surface area contributed by atoms with Crippen molar-refractivity contribution in [1.82, 2.24) is 4.90 Å². The lowest BCUT2D eigenvalue weighted by atomic mass is 9.54. The van der Waals surface area contributed by atoms with Gasteiger partial charge < -0.3 is 14.4 Å². The quantitative estimate of drug-likeness (QED) is 0.567. The third kappa shape index (κ3) is 1.37. The molecule has 2 heterocycles. The average Bonchev–Trinajstić information content (AvgIpc) is 2.88. The van der Waals surface area contributed by atoms with Gasteiger partial charge in [-0.2, -0.15) is 0 Å². The van der Waals surface area contributed by atoms with Crippen LogP contribution in [0.4, 0.5) is 0 Å². The molecule has 4 aliphatic rings. The van der Waals surface area contributed by atoms with E-state index < -0.39 is 0 Å². The maximum absolute atomic E-state index is 6.51. The molecular weight excluding hydrogens is 342 g/mol. The Hall–Kier alpha value is -1.00. The van der Waals surface area contributed by atoms with Crippen LogP contribution in [0.2, 0.25) is 0 Å². The van der Waals surface area contributed by atoms with Crippen molar-refractivity contribution in [2.24, 2.45) is 5.92 Å². The fourth-order valence-electron chi connectivity index (χ4n) is 5.36. The van der Waals surface area contributed by atoms with Crippen molar-refractivity contribution >= 4 is 15.9 Å². The average molecular weight is 362 g/mol. The summed E-state index contributed by atoms with van der Waals surface area (Å²) in [6.45, 7) is 1.14. The minimum Gasteiger partial charge on any atom is -0.493 e. The molecule has 1 spiro atoms. The Kier molecular flexibility index (Phi) is 2.62. The molecule has 2 aliphatic carbocycles. The van der Waals surface area contributed by atoms with E-state index in [4.69, 9.17) is 9.47 Å². The van der Waals surface area contributed by atoms with Crippen LogP contribution in [0.25, 0.3) is 0 Å². The molecule has 0 amide bonds. The van der Waals surface area contributed by atoms with Gasteiger partial charge in [0.25, 0.3) is 0 Å². The zero-order chi connectivity index (χ0) is 15.1. The molecule has 22 heavy (non-hydrogen) atoms. The summed E-state index contributed by atoms with van der Waals surface area (Å²) >= 11 is 3.85. The Balaban J connectivity index is 1.82. The van der Waals surface area contributed by atoms with Crippen LogP contribution in [0, 0.1) is 5.92 Å². The van der Waals surface area contributed by atoms with Crippen molar-refractivity contribution < 1.29 is 9.47 Å². The highest BCUT2D eigenvalue weighted by atomic mass is 79.9. The Labute approximate surface area is 139 Å². The summed E-state index contributed by atoms with van der Waals surface area (Å²) in [7, 11) is 4.01. The van der Waals surface area contributed by atoms with Crippen molar-refractivity contribution in [3.05, 3.63) is 35.4 Å². The summed E-state index contributed by atoms with van der Waals surface area (Å²) in [5, 5.41) is 0. The summed E-state index contributed by atoms with van der Waals surface area (Å²) in [4.78, 5) is 2.81. The lowest BCUT2D eigenvalue weighted by molar-refractivity contribution is 0.00479. The summed E-state index contributed by atoms with van der Waals surface area (Å²) < 4.78 is 12.1. The summed E-state index contributed by atoms with van der Waals surface area (Å²) in [5.41, 5.74) is 3.03. The second-order valence-corrected chi connectivity index (χ2v) is 8.12. The SMILES string of the molecule is COc1ccc2c3c1O[C@H]1C(Br)C=C[C@H]4[C@@H](C2)N(C)CC[C@]314. The number of nitrogens with zero attached hydrogens (tertiary/aromatic N) is 1. The second-order valence-electron chi connectivity index (χ2n) is 7.07. The Morgan fingerprint density at radius 3 is 3.05 bits per heavy atom. The van der Waals surface area contributed by atoms with Gasteiger partial charge in [-0.25, -0.2) is 0 Å². The lowest BCUT2D eigenvalue weighted by Gasteiger charge is -2.56. The number of likely N-dealkylation sites (tertiary alicyclic amines) is 1. The number of likely N-dealkylation sites (N-methyl/N-ethyl adjacent to an activating group) is 1. The third-order valence-electron chi connectivity index (χ3n) is 6.32. The molecule has 1 aromatic carbocycles. The van der Waals surface area contributed by atoms with Gasteiger partial charge >= 0.3 is 0 Å². The molecule has 0 aromatic heterocycles. The number of hydrogen-bond acceptors (Lipinski definition) is 3. The molecule has 1 fully saturated rings. The molecular formula is C18H20BrNO2.